The van der Waals surface area contributed by atoms with Crippen molar-refractivity contribution in [2.45, 2.75) is 5.92 Å². The molecule has 0 saturated carbocycles. The maximum Gasteiger partial charge on any atom is 0.411 e. The highest BCUT2D eigenvalue weighted by Crippen LogP contribution is 2.44. The van der Waals surface area contributed by atoms with Gasteiger partial charge in [0.25, 0.3) is 0 Å². The number of aromatic carboxylic acids is 1. The van der Waals surface area contributed by atoms with Crippen LogP contribution in [0.25, 0.3) is 21.2 Å². The minimum Gasteiger partial charge on any atom is -0.477 e. The molecule has 5 rings (SSSR count). The van der Waals surface area contributed by atoms with Crippen LogP contribution in [0.2, 0.25) is 0 Å². The zero-order chi connectivity index (χ0) is 20.7. The van der Waals surface area contributed by atoms with Crippen molar-refractivity contribution in [3.63, 3.8) is 0 Å². The normalized spacial score (nSPS) is 12.4. The lowest BCUT2D eigenvalue weighted by atomic mass is 9.98. The molecule has 6 heteroatoms. The molecule has 4 aromatic rings. The quantitative estimate of drug-likeness (QED) is 0.431. The fourth-order valence-electron chi connectivity index (χ4n) is 4.02. The molecule has 0 atom stereocenters. The van der Waals surface area contributed by atoms with E-state index in [1.54, 1.807) is 18.2 Å². The Balaban J connectivity index is 1.35. The molecule has 1 amide bonds. The number of carboxylic acids is 1. The molecule has 1 aliphatic carbocycles. The summed E-state index contributed by atoms with van der Waals surface area (Å²) in [4.78, 5) is 24.0. The maximum atomic E-state index is 12.5. The van der Waals surface area contributed by atoms with Crippen molar-refractivity contribution in [2.24, 2.45) is 0 Å². The SMILES string of the molecule is O=C(Nc1cccc2sc(C(=O)O)cc12)OCC1c2ccccc2-c2ccccc21. The Morgan fingerprint density at radius 2 is 1.60 bits per heavy atom. The number of thiophene rings is 1. The monoisotopic (exact) mass is 415 g/mol. The van der Waals surface area contributed by atoms with Crippen LogP contribution in [-0.2, 0) is 4.74 Å². The maximum absolute atomic E-state index is 12.5. The molecule has 1 aliphatic rings. The van der Waals surface area contributed by atoms with Crippen molar-refractivity contribution >= 4 is 39.2 Å². The Hall–Kier alpha value is -3.64. The number of anilines is 1. The molecule has 0 spiro atoms. The third-order valence-electron chi connectivity index (χ3n) is 5.35. The molecule has 1 aromatic heterocycles. The van der Waals surface area contributed by atoms with Gasteiger partial charge in [-0.25, -0.2) is 9.59 Å². The summed E-state index contributed by atoms with van der Waals surface area (Å²) in [6, 6.07) is 23.3. The molecule has 0 fully saturated rings. The smallest absolute Gasteiger partial charge is 0.411 e. The number of hydrogen-bond donors (Lipinski definition) is 2. The highest BCUT2D eigenvalue weighted by atomic mass is 32.1. The fourth-order valence-corrected chi connectivity index (χ4v) is 4.95. The van der Waals surface area contributed by atoms with Crippen molar-refractivity contribution in [3.8, 4) is 11.1 Å². The first-order chi connectivity index (χ1) is 14.6. The second-order valence-corrected chi connectivity index (χ2v) is 8.17. The van der Waals surface area contributed by atoms with E-state index in [1.165, 1.54) is 22.5 Å². The first-order valence-corrected chi connectivity index (χ1v) is 10.3. The third-order valence-corrected chi connectivity index (χ3v) is 6.44. The first-order valence-electron chi connectivity index (χ1n) is 9.49. The first kappa shape index (κ1) is 18.4. The summed E-state index contributed by atoms with van der Waals surface area (Å²) in [5.41, 5.74) is 5.18. The van der Waals surface area contributed by atoms with Crippen molar-refractivity contribution in [3.05, 3.63) is 88.8 Å². The van der Waals surface area contributed by atoms with E-state index >= 15 is 0 Å². The number of nitrogens with one attached hydrogen (secondary N) is 1. The molecular weight excluding hydrogens is 398 g/mol. The second-order valence-electron chi connectivity index (χ2n) is 7.08. The van der Waals surface area contributed by atoms with E-state index < -0.39 is 12.1 Å². The highest BCUT2D eigenvalue weighted by molar-refractivity contribution is 7.20. The zero-order valence-electron chi connectivity index (χ0n) is 15.8. The van der Waals surface area contributed by atoms with Gasteiger partial charge in [-0.2, -0.15) is 0 Å². The highest BCUT2D eigenvalue weighted by Gasteiger charge is 2.29. The van der Waals surface area contributed by atoms with E-state index in [-0.39, 0.29) is 17.4 Å². The third kappa shape index (κ3) is 3.11. The van der Waals surface area contributed by atoms with E-state index in [1.807, 2.05) is 30.3 Å². The van der Waals surface area contributed by atoms with Gasteiger partial charge in [-0.15, -0.1) is 11.3 Å². The van der Waals surface area contributed by atoms with Crippen LogP contribution in [0.5, 0.6) is 0 Å². The van der Waals surface area contributed by atoms with Gasteiger partial charge in [-0.3, -0.25) is 5.32 Å². The molecule has 5 nitrogen and oxygen atoms in total. The van der Waals surface area contributed by atoms with Crippen LogP contribution in [0.1, 0.15) is 26.7 Å². The van der Waals surface area contributed by atoms with E-state index in [4.69, 9.17) is 4.74 Å². The Kier molecular flexibility index (Phi) is 4.48. The minimum absolute atomic E-state index is 0.0151. The molecule has 0 unspecified atom stereocenters. The molecule has 0 bridgehead atoms. The van der Waals surface area contributed by atoms with Crippen LogP contribution in [0.4, 0.5) is 10.5 Å². The molecule has 30 heavy (non-hydrogen) atoms. The predicted molar refractivity (Wildman–Crippen MR) is 117 cm³/mol. The number of amides is 1. The number of carboxylic acid groups (broad SMARTS) is 1. The summed E-state index contributed by atoms with van der Waals surface area (Å²) in [5.74, 6) is -0.998. The van der Waals surface area contributed by atoms with Gasteiger partial charge in [0.05, 0.1) is 5.69 Å². The average Bonchev–Trinajstić information content (AvgIpc) is 3.33. The number of hydrogen-bond acceptors (Lipinski definition) is 4. The summed E-state index contributed by atoms with van der Waals surface area (Å²) in [7, 11) is 0. The number of fused-ring (bicyclic) bond motifs is 4. The molecule has 0 radical (unpaired) electrons. The topological polar surface area (TPSA) is 75.6 Å². The largest absolute Gasteiger partial charge is 0.477 e. The molecule has 0 saturated heterocycles. The Morgan fingerprint density at radius 3 is 2.27 bits per heavy atom. The standard InChI is InChI=1S/C24H17NO4S/c26-23(27)22-12-18-20(10-5-11-21(18)30-22)25-24(28)29-13-19-16-8-3-1-6-14(16)15-7-2-4-9-17(15)19/h1-12,19H,13H2,(H,25,28)(H,26,27). The van der Waals surface area contributed by atoms with Crippen LogP contribution in [0.3, 0.4) is 0 Å². The van der Waals surface area contributed by atoms with Gasteiger partial charge in [0.1, 0.15) is 11.5 Å². The van der Waals surface area contributed by atoms with Gasteiger partial charge in [0.15, 0.2) is 0 Å². The number of carbonyl (C=O) groups excluding carboxylic acids is 1. The summed E-state index contributed by atoms with van der Waals surface area (Å²) in [5, 5.41) is 12.7. The number of rotatable bonds is 4. The molecule has 1 heterocycles. The lowest BCUT2D eigenvalue weighted by Gasteiger charge is -2.15. The van der Waals surface area contributed by atoms with E-state index in [9.17, 15) is 14.7 Å². The van der Waals surface area contributed by atoms with Crippen LogP contribution < -0.4 is 5.32 Å². The summed E-state index contributed by atoms with van der Waals surface area (Å²) in [6.45, 7) is 0.222. The van der Waals surface area contributed by atoms with E-state index in [0.717, 1.165) is 15.8 Å². The Morgan fingerprint density at radius 1 is 0.933 bits per heavy atom. The summed E-state index contributed by atoms with van der Waals surface area (Å²) < 4.78 is 6.38. The lowest BCUT2D eigenvalue weighted by molar-refractivity contribution is 0.0702. The second kappa shape index (κ2) is 7.31. The van der Waals surface area contributed by atoms with Gasteiger partial charge in [-0.05, 0) is 40.5 Å². The van der Waals surface area contributed by atoms with Crippen LogP contribution in [0, 0.1) is 0 Å². The molecule has 0 aliphatic heterocycles. The van der Waals surface area contributed by atoms with Gasteiger partial charge in [0, 0.05) is 16.0 Å². The van der Waals surface area contributed by atoms with Crippen LogP contribution >= 0.6 is 11.3 Å². The molecule has 3 aromatic carbocycles. The average molecular weight is 415 g/mol. The Labute approximate surface area is 176 Å². The summed E-state index contributed by atoms with van der Waals surface area (Å²) >= 11 is 1.17. The van der Waals surface area contributed by atoms with Gasteiger partial charge in [-0.1, -0.05) is 54.6 Å². The van der Waals surface area contributed by atoms with Crippen molar-refractivity contribution in [1.29, 1.82) is 0 Å². The van der Waals surface area contributed by atoms with E-state index in [0.29, 0.717) is 11.1 Å². The Bertz CT molecular complexity index is 1250. The fraction of sp³-hybridized carbons (Fsp3) is 0.0833. The van der Waals surface area contributed by atoms with Crippen LogP contribution in [-0.4, -0.2) is 23.8 Å². The zero-order valence-corrected chi connectivity index (χ0v) is 16.6. The van der Waals surface area contributed by atoms with Crippen molar-refractivity contribution < 1.29 is 19.4 Å². The number of benzene rings is 3. The van der Waals surface area contributed by atoms with E-state index in [2.05, 4.69) is 29.6 Å². The van der Waals surface area contributed by atoms with Crippen molar-refractivity contribution in [2.75, 3.05) is 11.9 Å². The molecule has 148 valence electrons. The van der Waals surface area contributed by atoms with Gasteiger partial charge in [0.2, 0.25) is 0 Å². The van der Waals surface area contributed by atoms with Crippen molar-refractivity contribution in [1.82, 2.24) is 0 Å². The number of ether oxygens (including phenoxy) is 1. The van der Waals surface area contributed by atoms with Crippen LogP contribution in [0.15, 0.2) is 72.8 Å². The molecule has 2 N–H and O–H groups in total. The number of carbonyl (C=O) groups is 2. The summed E-state index contributed by atoms with van der Waals surface area (Å²) in [6.07, 6.45) is -0.563. The van der Waals surface area contributed by atoms with Gasteiger partial charge >= 0.3 is 12.1 Å². The predicted octanol–water partition coefficient (Wildman–Crippen LogP) is 5.96. The lowest BCUT2D eigenvalue weighted by Crippen LogP contribution is -2.18. The minimum atomic E-state index is -0.983. The molecular formula is C24H17NO4S. The van der Waals surface area contributed by atoms with Gasteiger partial charge < -0.3 is 9.84 Å².